The van der Waals surface area contributed by atoms with E-state index in [4.69, 9.17) is 9.47 Å². The Bertz CT molecular complexity index is 894. The van der Waals surface area contributed by atoms with Crippen molar-refractivity contribution in [3.05, 3.63) is 65.5 Å². The Labute approximate surface area is 144 Å². The molecule has 2 heterocycles. The lowest BCUT2D eigenvalue weighted by Crippen LogP contribution is -2.31. The van der Waals surface area contributed by atoms with Crippen molar-refractivity contribution >= 4 is 9.84 Å². The molecule has 4 atom stereocenters. The summed E-state index contributed by atoms with van der Waals surface area (Å²) in [5.41, 5.74) is 1.44. The van der Waals surface area contributed by atoms with Gasteiger partial charge in [-0.05, 0) is 36.8 Å². The van der Waals surface area contributed by atoms with Crippen LogP contribution in [-0.2, 0) is 19.3 Å². The van der Waals surface area contributed by atoms with Crippen molar-refractivity contribution in [3.8, 4) is 0 Å². The second-order valence-electron chi connectivity index (χ2n) is 6.37. The molecule has 0 saturated carbocycles. The molecule has 2 fully saturated rings. The molecule has 2 aliphatic rings. The molecule has 4 rings (SSSR count). The second-order valence-corrected chi connectivity index (χ2v) is 8.48. The van der Waals surface area contributed by atoms with Crippen LogP contribution in [0.2, 0.25) is 0 Å². The Balaban J connectivity index is 1.80. The van der Waals surface area contributed by atoms with Crippen molar-refractivity contribution in [2.24, 2.45) is 0 Å². The molecule has 0 aromatic heterocycles. The molecule has 2 aliphatic heterocycles. The molecular weight excluding hydrogens is 347 g/mol. The fourth-order valence-electron chi connectivity index (χ4n) is 3.40. The SMILES string of the molecule is Cc1ccc(S(=O)(=O)[C@]23O[C@H]2[C@H](CO)O[C@H]3c2ccc(F)cc2)cc1. The molecule has 0 unspecified atom stereocenters. The van der Waals surface area contributed by atoms with Gasteiger partial charge in [-0.15, -0.1) is 0 Å². The van der Waals surface area contributed by atoms with Crippen molar-refractivity contribution in [2.75, 3.05) is 6.61 Å². The van der Waals surface area contributed by atoms with E-state index >= 15 is 0 Å². The van der Waals surface area contributed by atoms with Gasteiger partial charge in [0.2, 0.25) is 14.8 Å². The van der Waals surface area contributed by atoms with E-state index < -0.39 is 38.9 Å². The summed E-state index contributed by atoms with van der Waals surface area (Å²) in [7, 11) is -3.88. The highest BCUT2D eigenvalue weighted by molar-refractivity contribution is 7.93. The zero-order valence-electron chi connectivity index (χ0n) is 13.4. The summed E-state index contributed by atoms with van der Waals surface area (Å²) in [6.45, 7) is 1.51. The molecule has 132 valence electrons. The fourth-order valence-corrected chi connectivity index (χ4v) is 5.42. The van der Waals surface area contributed by atoms with E-state index in [2.05, 4.69) is 0 Å². The number of aryl methyl sites for hydroxylation is 1. The monoisotopic (exact) mass is 364 g/mol. The molecule has 25 heavy (non-hydrogen) atoms. The minimum Gasteiger partial charge on any atom is -0.394 e. The first kappa shape index (κ1) is 16.7. The van der Waals surface area contributed by atoms with Crippen LogP contribution in [-0.4, -0.2) is 37.3 Å². The van der Waals surface area contributed by atoms with Gasteiger partial charge in [0.15, 0.2) is 0 Å². The van der Waals surface area contributed by atoms with Crippen LogP contribution in [0.5, 0.6) is 0 Å². The second kappa shape index (κ2) is 5.60. The first-order valence-electron chi connectivity index (χ1n) is 7.91. The number of rotatable bonds is 4. The topological polar surface area (TPSA) is 76.1 Å². The van der Waals surface area contributed by atoms with Gasteiger partial charge >= 0.3 is 0 Å². The maximum atomic E-state index is 13.3. The molecule has 7 heteroatoms. The van der Waals surface area contributed by atoms with Crippen LogP contribution in [0.3, 0.4) is 0 Å². The first-order chi connectivity index (χ1) is 11.9. The number of ether oxygens (including phenoxy) is 2. The third-order valence-corrected chi connectivity index (χ3v) is 7.04. The van der Waals surface area contributed by atoms with Gasteiger partial charge in [-0.1, -0.05) is 29.8 Å². The van der Waals surface area contributed by atoms with Gasteiger partial charge in [0.25, 0.3) is 0 Å². The van der Waals surface area contributed by atoms with E-state index in [0.717, 1.165) is 5.56 Å². The van der Waals surface area contributed by atoms with Gasteiger partial charge in [-0.2, -0.15) is 0 Å². The van der Waals surface area contributed by atoms with Crippen LogP contribution in [0.4, 0.5) is 4.39 Å². The minimum atomic E-state index is -3.88. The Morgan fingerprint density at radius 1 is 1.12 bits per heavy atom. The number of aliphatic hydroxyl groups is 1. The van der Waals surface area contributed by atoms with E-state index in [1.165, 1.54) is 36.4 Å². The van der Waals surface area contributed by atoms with Crippen molar-refractivity contribution in [3.63, 3.8) is 0 Å². The van der Waals surface area contributed by atoms with E-state index in [-0.39, 0.29) is 11.5 Å². The number of fused-ring (bicyclic) bond motifs is 1. The Hall–Kier alpha value is -1.80. The summed E-state index contributed by atoms with van der Waals surface area (Å²) in [4.78, 5) is -1.46. The largest absolute Gasteiger partial charge is 0.394 e. The average molecular weight is 364 g/mol. The van der Waals surface area contributed by atoms with Gasteiger partial charge in [0.1, 0.15) is 24.1 Å². The molecule has 0 aliphatic carbocycles. The lowest BCUT2D eigenvalue weighted by Gasteiger charge is -2.22. The molecule has 2 saturated heterocycles. The standard InChI is InChI=1S/C18H17FO5S/c1-11-2-8-14(9-3-11)25(21,22)18-16(12-4-6-13(19)7-5-12)23-15(10-20)17(18)24-18/h2-9,15-17,20H,10H2,1H3/t15-,16-,17-,18-/m0/s1. The van der Waals surface area contributed by atoms with Crippen molar-refractivity contribution in [2.45, 2.75) is 35.1 Å². The third-order valence-electron chi connectivity index (χ3n) is 4.77. The molecule has 0 spiro atoms. The lowest BCUT2D eigenvalue weighted by atomic mass is 10.1. The Morgan fingerprint density at radius 3 is 2.36 bits per heavy atom. The molecule has 1 N–H and O–H groups in total. The smallest absolute Gasteiger partial charge is 0.233 e. The van der Waals surface area contributed by atoms with Crippen LogP contribution >= 0.6 is 0 Å². The number of aliphatic hydroxyl groups excluding tert-OH is 1. The molecular formula is C18H17FO5S. The highest BCUT2D eigenvalue weighted by Gasteiger charge is 2.78. The highest BCUT2D eigenvalue weighted by atomic mass is 32.2. The average Bonchev–Trinajstić information content (AvgIpc) is 3.27. The van der Waals surface area contributed by atoms with Crippen molar-refractivity contribution in [1.29, 1.82) is 0 Å². The molecule has 0 bridgehead atoms. The quantitative estimate of drug-likeness (QED) is 0.841. The normalized spacial score (nSPS) is 30.9. The van der Waals surface area contributed by atoms with Crippen LogP contribution in [0.25, 0.3) is 0 Å². The molecule has 0 amide bonds. The van der Waals surface area contributed by atoms with Gasteiger partial charge < -0.3 is 14.6 Å². The molecule has 2 aromatic rings. The minimum absolute atomic E-state index is 0.134. The van der Waals surface area contributed by atoms with E-state index in [0.29, 0.717) is 5.56 Å². The van der Waals surface area contributed by atoms with Crippen LogP contribution in [0, 0.1) is 12.7 Å². The summed E-state index contributed by atoms with van der Waals surface area (Å²) in [6.07, 6.45) is -2.42. The number of benzene rings is 2. The van der Waals surface area contributed by atoms with Gasteiger partial charge in [0.05, 0.1) is 11.5 Å². The van der Waals surface area contributed by atoms with E-state index in [9.17, 15) is 17.9 Å². The summed E-state index contributed by atoms with van der Waals surface area (Å²) < 4.78 is 51.1. The summed E-state index contributed by atoms with van der Waals surface area (Å²) in [5, 5.41) is 9.50. The first-order valence-corrected chi connectivity index (χ1v) is 9.39. The summed E-state index contributed by atoms with van der Waals surface area (Å²) >= 11 is 0. The zero-order valence-corrected chi connectivity index (χ0v) is 14.2. The number of halogens is 1. The van der Waals surface area contributed by atoms with Crippen molar-refractivity contribution in [1.82, 2.24) is 0 Å². The van der Waals surface area contributed by atoms with E-state index in [1.807, 2.05) is 6.92 Å². The number of epoxide rings is 1. The van der Waals surface area contributed by atoms with Gasteiger partial charge in [-0.25, -0.2) is 12.8 Å². The van der Waals surface area contributed by atoms with Gasteiger partial charge in [-0.3, -0.25) is 0 Å². The number of hydrogen-bond acceptors (Lipinski definition) is 5. The molecule has 5 nitrogen and oxygen atoms in total. The number of hydrogen-bond donors (Lipinski definition) is 1. The maximum Gasteiger partial charge on any atom is 0.233 e. The predicted molar refractivity (Wildman–Crippen MR) is 87.1 cm³/mol. The van der Waals surface area contributed by atoms with Crippen LogP contribution in [0.1, 0.15) is 17.2 Å². The Kier molecular flexibility index (Phi) is 3.73. The Morgan fingerprint density at radius 2 is 1.76 bits per heavy atom. The fraction of sp³-hybridized carbons (Fsp3) is 0.333. The lowest BCUT2D eigenvalue weighted by molar-refractivity contribution is -0.0589. The van der Waals surface area contributed by atoms with E-state index in [1.54, 1.807) is 12.1 Å². The number of sulfone groups is 1. The maximum absolute atomic E-state index is 13.3. The predicted octanol–water partition coefficient (Wildman–Crippen LogP) is 2.14. The zero-order chi connectivity index (χ0) is 17.8. The van der Waals surface area contributed by atoms with Crippen LogP contribution < -0.4 is 0 Å². The van der Waals surface area contributed by atoms with Gasteiger partial charge in [0, 0.05) is 0 Å². The summed E-state index contributed by atoms with van der Waals surface area (Å²) in [5.74, 6) is -0.427. The van der Waals surface area contributed by atoms with Crippen molar-refractivity contribution < 1.29 is 27.4 Å². The molecule has 0 radical (unpaired) electrons. The molecule has 2 aromatic carbocycles. The summed E-state index contributed by atoms with van der Waals surface area (Å²) in [6, 6.07) is 11.9. The van der Waals surface area contributed by atoms with Crippen LogP contribution in [0.15, 0.2) is 53.4 Å². The third kappa shape index (κ3) is 2.34. The highest BCUT2D eigenvalue weighted by Crippen LogP contribution is 2.61.